The summed E-state index contributed by atoms with van der Waals surface area (Å²) in [6.07, 6.45) is 2.59. The van der Waals surface area contributed by atoms with Crippen molar-refractivity contribution < 1.29 is 9.47 Å². The van der Waals surface area contributed by atoms with Crippen LogP contribution >= 0.6 is 0 Å². The number of hydrogen-bond donors (Lipinski definition) is 1. The van der Waals surface area contributed by atoms with E-state index in [4.69, 9.17) is 15.2 Å². The van der Waals surface area contributed by atoms with Crippen molar-refractivity contribution in [2.45, 2.75) is 19.4 Å². The summed E-state index contributed by atoms with van der Waals surface area (Å²) in [5.74, 6) is 1.59. The number of fused-ring (bicyclic) bond motifs is 1. The van der Waals surface area contributed by atoms with Crippen LogP contribution in [0.1, 0.15) is 18.4 Å². The van der Waals surface area contributed by atoms with E-state index < -0.39 is 0 Å². The summed E-state index contributed by atoms with van der Waals surface area (Å²) in [5, 5.41) is 2.35. The van der Waals surface area contributed by atoms with Crippen molar-refractivity contribution >= 4 is 10.8 Å². The van der Waals surface area contributed by atoms with Crippen LogP contribution in [0.4, 0.5) is 0 Å². The average molecular weight is 257 g/mol. The van der Waals surface area contributed by atoms with Crippen LogP contribution in [0, 0.1) is 5.92 Å². The van der Waals surface area contributed by atoms with E-state index in [9.17, 15) is 0 Å². The lowest BCUT2D eigenvalue weighted by Crippen LogP contribution is -2.08. The summed E-state index contributed by atoms with van der Waals surface area (Å²) in [6, 6.07) is 12.3. The maximum absolute atomic E-state index is 5.86. The zero-order valence-electron chi connectivity index (χ0n) is 11.0. The zero-order valence-corrected chi connectivity index (χ0v) is 11.0. The molecule has 0 saturated heterocycles. The molecule has 3 rings (SSSR count). The molecule has 2 N–H and O–H groups in total. The van der Waals surface area contributed by atoms with Crippen LogP contribution in [0.5, 0.6) is 5.75 Å². The second-order valence-corrected chi connectivity index (χ2v) is 5.04. The van der Waals surface area contributed by atoms with Gasteiger partial charge in [0, 0.05) is 12.1 Å². The smallest absolute Gasteiger partial charge is 0.189 e. The second kappa shape index (κ2) is 5.59. The van der Waals surface area contributed by atoms with Gasteiger partial charge in [-0.15, -0.1) is 0 Å². The topological polar surface area (TPSA) is 44.5 Å². The van der Waals surface area contributed by atoms with E-state index in [0.717, 1.165) is 29.2 Å². The number of hydrogen-bond acceptors (Lipinski definition) is 3. The lowest BCUT2D eigenvalue weighted by atomic mass is 10.0. The van der Waals surface area contributed by atoms with E-state index >= 15 is 0 Å². The van der Waals surface area contributed by atoms with Gasteiger partial charge in [0.25, 0.3) is 0 Å². The summed E-state index contributed by atoms with van der Waals surface area (Å²) in [5.41, 5.74) is 6.91. The first kappa shape index (κ1) is 12.5. The molecule has 0 amide bonds. The van der Waals surface area contributed by atoms with Gasteiger partial charge in [-0.05, 0) is 35.6 Å². The number of ether oxygens (including phenoxy) is 2. The molecule has 0 atom stereocenters. The SMILES string of the molecule is NCc1c(OCOCC2CC2)ccc2ccccc12. The Morgan fingerprint density at radius 1 is 1.11 bits per heavy atom. The second-order valence-electron chi connectivity index (χ2n) is 5.04. The van der Waals surface area contributed by atoms with Gasteiger partial charge in [-0.1, -0.05) is 30.3 Å². The lowest BCUT2D eigenvalue weighted by Gasteiger charge is -2.13. The van der Waals surface area contributed by atoms with Gasteiger partial charge in [0.1, 0.15) is 5.75 Å². The minimum atomic E-state index is 0.307. The van der Waals surface area contributed by atoms with Gasteiger partial charge >= 0.3 is 0 Å². The quantitative estimate of drug-likeness (QED) is 0.639. The molecule has 0 unspecified atom stereocenters. The fraction of sp³-hybridized carbons (Fsp3) is 0.375. The molecule has 2 aromatic rings. The predicted molar refractivity (Wildman–Crippen MR) is 76.0 cm³/mol. The Morgan fingerprint density at radius 2 is 1.95 bits per heavy atom. The minimum Gasteiger partial charge on any atom is -0.467 e. The van der Waals surface area contributed by atoms with Crippen molar-refractivity contribution in [2.75, 3.05) is 13.4 Å². The molecule has 1 aliphatic carbocycles. The largest absolute Gasteiger partial charge is 0.467 e. The molecule has 0 radical (unpaired) electrons. The van der Waals surface area contributed by atoms with E-state index in [1.54, 1.807) is 0 Å². The first-order chi connectivity index (χ1) is 9.38. The Labute approximate surface area is 113 Å². The van der Waals surface area contributed by atoms with Gasteiger partial charge in [-0.25, -0.2) is 0 Å². The van der Waals surface area contributed by atoms with Crippen molar-refractivity contribution in [3.05, 3.63) is 42.0 Å². The van der Waals surface area contributed by atoms with Crippen LogP contribution in [0.25, 0.3) is 10.8 Å². The molecule has 0 aliphatic heterocycles. The maximum atomic E-state index is 5.86. The molecule has 3 nitrogen and oxygen atoms in total. The molecular formula is C16H19NO2. The van der Waals surface area contributed by atoms with Crippen molar-refractivity contribution in [1.29, 1.82) is 0 Å². The Bertz CT molecular complexity index is 564. The normalized spacial score (nSPS) is 14.8. The fourth-order valence-electron chi connectivity index (χ4n) is 2.27. The van der Waals surface area contributed by atoms with Crippen LogP contribution in [0.2, 0.25) is 0 Å². The summed E-state index contributed by atoms with van der Waals surface area (Å²) in [6.45, 7) is 1.59. The summed E-state index contributed by atoms with van der Waals surface area (Å²) < 4.78 is 11.2. The minimum absolute atomic E-state index is 0.307. The van der Waals surface area contributed by atoms with Gasteiger partial charge in [0.2, 0.25) is 0 Å². The molecule has 1 aliphatic rings. The van der Waals surface area contributed by atoms with E-state index in [0.29, 0.717) is 13.3 Å². The van der Waals surface area contributed by atoms with E-state index in [1.165, 1.54) is 18.2 Å². The van der Waals surface area contributed by atoms with E-state index in [-0.39, 0.29) is 0 Å². The van der Waals surface area contributed by atoms with Crippen molar-refractivity contribution in [3.8, 4) is 5.75 Å². The molecule has 3 heteroatoms. The first-order valence-electron chi connectivity index (χ1n) is 6.79. The van der Waals surface area contributed by atoms with Crippen molar-refractivity contribution in [2.24, 2.45) is 11.7 Å². The lowest BCUT2D eigenvalue weighted by molar-refractivity contribution is 0.00957. The van der Waals surface area contributed by atoms with Crippen LogP contribution in [0.3, 0.4) is 0 Å². The summed E-state index contributed by atoms with van der Waals surface area (Å²) in [4.78, 5) is 0. The maximum Gasteiger partial charge on any atom is 0.189 e. The molecule has 1 saturated carbocycles. The Hall–Kier alpha value is -1.58. The zero-order chi connectivity index (χ0) is 13.1. The predicted octanol–water partition coefficient (Wildman–Crippen LogP) is 3.06. The Balaban J connectivity index is 1.73. The van der Waals surface area contributed by atoms with E-state index in [2.05, 4.69) is 18.2 Å². The fourth-order valence-corrected chi connectivity index (χ4v) is 2.27. The average Bonchev–Trinajstić information content (AvgIpc) is 3.27. The molecular weight excluding hydrogens is 238 g/mol. The third-order valence-corrected chi connectivity index (χ3v) is 3.55. The van der Waals surface area contributed by atoms with Crippen LogP contribution in [-0.2, 0) is 11.3 Å². The standard InChI is InChI=1S/C16H19NO2/c17-9-15-14-4-2-1-3-13(14)7-8-16(15)19-11-18-10-12-5-6-12/h1-4,7-8,12H,5-6,9-11,17H2. The third kappa shape index (κ3) is 2.88. The van der Waals surface area contributed by atoms with E-state index in [1.807, 2.05) is 18.2 Å². The highest BCUT2D eigenvalue weighted by molar-refractivity contribution is 5.87. The monoisotopic (exact) mass is 257 g/mol. The summed E-state index contributed by atoms with van der Waals surface area (Å²) in [7, 11) is 0. The molecule has 0 heterocycles. The molecule has 0 aromatic heterocycles. The van der Waals surface area contributed by atoms with Crippen molar-refractivity contribution in [1.82, 2.24) is 0 Å². The number of rotatable bonds is 6. The molecule has 1 fully saturated rings. The summed E-state index contributed by atoms with van der Waals surface area (Å²) >= 11 is 0. The molecule has 0 bridgehead atoms. The Kier molecular flexibility index (Phi) is 3.67. The first-order valence-corrected chi connectivity index (χ1v) is 6.79. The molecule has 0 spiro atoms. The van der Waals surface area contributed by atoms with Gasteiger partial charge in [-0.2, -0.15) is 0 Å². The molecule has 19 heavy (non-hydrogen) atoms. The van der Waals surface area contributed by atoms with Crippen LogP contribution in [-0.4, -0.2) is 13.4 Å². The molecule has 2 aromatic carbocycles. The number of nitrogens with two attached hydrogens (primary N) is 1. The van der Waals surface area contributed by atoms with Crippen LogP contribution < -0.4 is 10.5 Å². The number of benzene rings is 2. The highest BCUT2D eigenvalue weighted by Gasteiger charge is 2.21. The Morgan fingerprint density at radius 3 is 2.74 bits per heavy atom. The van der Waals surface area contributed by atoms with Gasteiger partial charge < -0.3 is 15.2 Å². The van der Waals surface area contributed by atoms with Crippen LogP contribution in [0.15, 0.2) is 36.4 Å². The van der Waals surface area contributed by atoms with Gasteiger partial charge in [0.15, 0.2) is 6.79 Å². The van der Waals surface area contributed by atoms with Crippen molar-refractivity contribution in [3.63, 3.8) is 0 Å². The van der Waals surface area contributed by atoms with Gasteiger partial charge in [-0.3, -0.25) is 0 Å². The molecule has 100 valence electrons. The highest BCUT2D eigenvalue weighted by Crippen LogP contribution is 2.30. The highest BCUT2D eigenvalue weighted by atomic mass is 16.7. The third-order valence-electron chi connectivity index (χ3n) is 3.55. The van der Waals surface area contributed by atoms with Gasteiger partial charge in [0.05, 0.1) is 6.61 Å².